The molecule has 2 aromatic carbocycles. The lowest BCUT2D eigenvalue weighted by Gasteiger charge is -2.09. The van der Waals surface area contributed by atoms with Crippen molar-refractivity contribution in [1.82, 2.24) is 9.55 Å². The van der Waals surface area contributed by atoms with Gasteiger partial charge in [-0.2, -0.15) is 5.26 Å². The van der Waals surface area contributed by atoms with Gasteiger partial charge >= 0.3 is 0 Å². The van der Waals surface area contributed by atoms with Crippen LogP contribution in [-0.2, 0) is 6.54 Å². The van der Waals surface area contributed by atoms with Crippen molar-refractivity contribution in [3.8, 4) is 28.3 Å². The van der Waals surface area contributed by atoms with Crippen molar-refractivity contribution in [2.24, 2.45) is 0 Å². The van der Waals surface area contributed by atoms with Crippen molar-refractivity contribution in [1.29, 1.82) is 5.26 Å². The molecule has 0 N–H and O–H groups in total. The monoisotopic (exact) mass is 385 g/mol. The SMILES string of the molecule is Cc1nc2scc(-c3ccc(-c4ccccc4)cc3)c2c(=O)n1CCCC#N. The molecule has 0 aliphatic heterocycles. The molecule has 0 aliphatic carbocycles. The van der Waals surface area contributed by atoms with E-state index in [1.54, 1.807) is 4.57 Å². The number of nitrogens with zero attached hydrogens (tertiary/aromatic N) is 3. The molecule has 5 heteroatoms. The number of thiophene rings is 1. The molecule has 0 spiro atoms. The summed E-state index contributed by atoms with van der Waals surface area (Å²) in [6, 6.07) is 20.6. The van der Waals surface area contributed by atoms with Crippen molar-refractivity contribution >= 4 is 21.6 Å². The lowest BCUT2D eigenvalue weighted by Crippen LogP contribution is -2.23. The van der Waals surface area contributed by atoms with Crippen LogP contribution in [0, 0.1) is 18.3 Å². The number of aromatic nitrogens is 2. The van der Waals surface area contributed by atoms with Gasteiger partial charge in [-0.15, -0.1) is 11.3 Å². The molecule has 4 aromatic rings. The average molecular weight is 385 g/mol. The van der Waals surface area contributed by atoms with Gasteiger partial charge in [0.15, 0.2) is 0 Å². The molecule has 138 valence electrons. The largest absolute Gasteiger partial charge is 0.296 e. The number of hydrogen-bond acceptors (Lipinski definition) is 4. The van der Waals surface area contributed by atoms with Gasteiger partial charge in [0.2, 0.25) is 0 Å². The summed E-state index contributed by atoms with van der Waals surface area (Å²) in [5, 5.41) is 11.4. The molecule has 0 radical (unpaired) electrons. The number of unbranched alkanes of at least 4 members (excludes halogenated alkanes) is 1. The third kappa shape index (κ3) is 3.35. The zero-order valence-electron chi connectivity index (χ0n) is 15.6. The van der Waals surface area contributed by atoms with E-state index in [1.807, 2.05) is 30.5 Å². The second-order valence-electron chi connectivity index (χ2n) is 6.65. The summed E-state index contributed by atoms with van der Waals surface area (Å²) >= 11 is 1.50. The van der Waals surface area contributed by atoms with Gasteiger partial charge in [-0.1, -0.05) is 54.6 Å². The molecule has 2 aromatic heterocycles. The van der Waals surface area contributed by atoms with Crippen LogP contribution < -0.4 is 5.56 Å². The highest BCUT2D eigenvalue weighted by Gasteiger charge is 2.15. The third-order valence-corrected chi connectivity index (χ3v) is 5.73. The first-order valence-corrected chi connectivity index (χ1v) is 10.1. The van der Waals surface area contributed by atoms with Crippen LogP contribution in [-0.4, -0.2) is 9.55 Å². The zero-order valence-corrected chi connectivity index (χ0v) is 16.4. The summed E-state index contributed by atoms with van der Waals surface area (Å²) in [7, 11) is 0. The normalized spacial score (nSPS) is 10.9. The molecule has 2 heterocycles. The van der Waals surface area contributed by atoms with E-state index in [2.05, 4.69) is 47.5 Å². The zero-order chi connectivity index (χ0) is 19.5. The minimum Gasteiger partial charge on any atom is -0.296 e. The van der Waals surface area contributed by atoms with E-state index in [9.17, 15) is 4.79 Å². The highest BCUT2D eigenvalue weighted by molar-refractivity contribution is 7.17. The first-order chi connectivity index (χ1) is 13.7. The fraction of sp³-hybridized carbons (Fsp3) is 0.174. The number of benzene rings is 2. The summed E-state index contributed by atoms with van der Waals surface area (Å²) in [5.74, 6) is 0.697. The molecule has 0 saturated heterocycles. The lowest BCUT2D eigenvalue weighted by atomic mass is 10.0. The standard InChI is InChI=1S/C23H19N3OS/c1-16-25-22-21(23(27)26(16)14-6-5-13-24)20(15-28-22)19-11-9-18(10-12-19)17-7-3-2-4-8-17/h2-4,7-12,15H,5-6,14H2,1H3. The molecule has 4 nitrogen and oxygen atoms in total. The van der Waals surface area contributed by atoms with E-state index in [-0.39, 0.29) is 5.56 Å². The average Bonchev–Trinajstić information content (AvgIpc) is 3.15. The Morgan fingerprint density at radius 3 is 2.43 bits per heavy atom. The van der Waals surface area contributed by atoms with Crippen molar-refractivity contribution in [3.63, 3.8) is 0 Å². The van der Waals surface area contributed by atoms with Gasteiger partial charge in [-0.3, -0.25) is 9.36 Å². The Balaban J connectivity index is 1.76. The predicted octanol–water partition coefficient (Wildman–Crippen LogP) is 5.40. The topological polar surface area (TPSA) is 58.7 Å². The molecular weight excluding hydrogens is 366 g/mol. The Kier molecular flexibility index (Phi) is 5.05. The Morgan fingerprint density at radius 2 is 1.71 bits per heavy atom. The van der Waals surface area contributed by atoms with E-state index in [4.69, 9.17) is 5.26 Å². The fourth-order valence-electron chi connectivity index (χ4n) is 3.39. The molecule has 0 amide bonds. The molecular formula is C23H19N3OS. The van der Waals surface area contributed by atoms with Gasteiger partial charge in [0, 0.05) is 23.9 Å². The minimum absolute atomic E-state index is 0.0242. The maximum Gasteiger partial charge on any atom is 0.262 e. The van der Waals surface area contributed by atoms with E-state index >= 15 is 0 Å². The van der Waals surface area contributed by atoms with Gasteiger partial charge in [0.05, 0.1) is 11.5 Å². The molecule has 0 bridgehead atoms. The maximum absolute atomic E-state index is 13.1. The van der Waals surface area contributed by atoms with Crippen LogP contribution in [0.4, 0.5) is 0 Å². The molecule has 0 atom stereocenters. The summed E-state index contributed by atoms with van der Waals surface area (Å²) < 4.78 is 1.69. The van der Waals surface area contributed by atoms with Crippen LogP contribution in [0.1, 0.15) is 18.7 Å². The molecule has 28 heavy (non-hydrogen) atoms. The molecule has 0 saturated carbocycles. The smallest absolute Gasteiger partial charge is 0.262 e. The van der Waals surface area contributed by atoms with Gasteiger partial charge in [0.25, 0.3) is 5.56 Å². The van der Waals surface area contributed by atoms with Crippen LogP contribution in [0.15, 0.2) is 64.8 Å². The predicted molar refractivity (Wildman–Crippen MR) is 114 cm³/mol. The molecule has 0 aliphatic rings. The Labute approximate surface area is 167 Å². The lowest BCUT2D eigenvalue weighted by molar-refractivity contribution is 0.607. The fourth-order valence-corrected chi connectivity index (χ4v) is 4.37. The van der Waals surface area contributed by atoms with Crippen molar-refractivity contribution in [3.05, 3.63) is 76.2 Å². The van der Waals surface area contributed by atoms with E-state index in [1.165, 1.54) is 16.9 Å². The van der Waals surface area contributed by atoms with Crippen LogP contribution >= 0.6 is 11.3 Å². The second kappa shape index (κ2) is 7.79. The van der Waals surface area contributed by atoms with Gasteiger partial charge in [-0.05, 0) is 30.0 Å². The number of aryl methyl sites for hydroxylation is 1. The summed E-state index contributed by atoms with van der Waals surface area (Å²) in [5.41, 5.74) is 4.22. The van der Waals surface area contributed by atoms with Gasteiger partial charge in [0.1, 0.15) is 10.7 Å². The van der Waals surface area contributed by atoms with Crippen LogP contribution in [0.3, 0.4) is 0 Å². The Morgan fingerprint density at radius 1 is 1.04 bits per heavy atom. The Hall–Kier alpha value is -3.23. The highest BCUT2D eigenvalue weighted by Crippen LogP contribution is 2.32. The van der Waals surface area contributed by atoms with Crippen LogP contribution in [0.5, 0.6) is 0 Å². The highest BCUT2D eigenvalue weighted by atomic mass is 32.1. The Bertz CT molecular complexity index is 1220. The summed E-state index contributed by atoms with van der Waals surface area (Å²) in [6.07, 6.45) is 1.08. The van der Waals surface area contributed by atoms with E-state index < -0.39 is 0 Å². The van der Waals surface area contributed by atoms with Crippen LogP contribution in [0.25, 0.3) is 32.5 Å². The first kappa shape index (κ1) is 18.1. The number of nitriles is 1. The molecule has 0 fully saturated rings. The molecule has 0 unspecified atom stereocenters. The molecule has 4 rings (SSSR count). The van der Waals surface area contributed by atoms with Crippen molar-refractivity contribution in [2.45, 2.75) is 26.3 Å². The van der Waals surface area contributed by atoms with Crippen molar-refractivity contribution in [2.75, 3.05) is 0 Å². The third-order valence-electron chi connectivity index (χ3n) is 4.86. The first-order valence-electron chi connectivity index (χ1n) is 9.20. The summed E-state index contributed by atoms with van der Waals surface area (Å²) in [6.45, 7) is 2.37. The van der Waals surface area contributed by atoms with Crippen molar-refractivity contribution < 1.29 is 0 Å². The number of rotatable bonds is 5. The van der Waals surface area contributed by atoms with Gasteiger partial charge < -0.3 is 0 Å². The van der Waals surface area contributed by atoms with Crippen LogP contribution in [0.2, 0.25) is 0 Å². The van der Waals surface area contributed by atoms with E-state index in [0.29, 0.717) is 30.6 Å². The van der Waals surface area contributed by atoms with Gasteiger partial charge in [-0.25, -0.2) is 4.98 Å². The number of fused-ring (bicyclic) bond motifs is 1. The quantitative estimate of drug-likeness (QED) is 0.432. The number of hydrogen-bond donors (Lipinski definition) is 0. The maximum atomic E-state index is 13.1. The van der Waals surface area contributed by atoms with E-state index in [0.717, 1.165) is 21.5 Å². The minimum atomic E-state index is -0.0242. The second-order valence-corrected chi connectivity index (χ2v) is 7.51. The summed E-state index contributed by atoms with van der Waals surface area (Å²) in [4.78, 5) is 18.5.